The van der Waals surface area contributed by atoms with Gasteiger partial charge in [0, 0.05) is 26.2 Å². The molecule has 0 bridgehead atoms. The Balaban J connectivity index is 0.000000287. The van der Waals surface area contributed by atoms with Crippen LogP contribution in [-0.4, -0.2) is 58.3 Å². The molecule has 0 aromatic rings. The van der Waals surface area contributed by atoms with Crippen LogP contribution in [0.4, 0.5) is 0 Å². The maximum atomic E-state index is 11.0. The first kappa shape index (κ1) is 16.8. The van der Waals surface area contributed by atoms with E-state index in [-0.39, 0.29) is 19.6 Å². The molecule has 0 aliphatic carbocycles. The summed E-state index contributed by atoms with van der Waals surface area (Å²) in [6, 6.07) is 0. The molecule has 0 unspecified atom stereocenters. The SMILES string of the molecule is C.C.C1COCCN1.O=S1(=O)CCC12CNC2. The second-order valence-electron chi connectivity index (χ2n) is 4.22. The summed E-state index contributed by atoms with van der Waals surface area (Å²) < 4.78 is 26.7. The number of hydrogen-bond acceptors (Lipinski definition) is 5. The van der Waals surface area contributed by atoms with Crippen LogP contribution in [0.5, 0.6) is 0 Å². The van der Waals surface area contributed by atoms with E-state index in [4.69, 9.17) is 4.74 Å². The number of morpholine rings is 1. The molecule has 0 amide bonds. The predicted molar refractivity (Wildman–Crippen MR) is 71.2 cm³/mol. The van der Waals surface area contributed by atoms with Crippen molar-refractivity contribution in [3.8, 4) is 0 Å². The molecule has 0 aromatic heterocycles. The Labute approximate surface area is 105 Å². The van der Waals surface area contributed by atoms with E-state index in [2.05, 4.69) is 10.6 Å². The first-order chi connectivity index (χ1) is 7.16. The fourth-order valence-corrected chi connectivity index (χ4v) is 3.63. The summed E-state index contributed by atoms with van der Waals surface area (Å²) in [4.78, 5) is 0. The minimum atomic E-state index is -2.65. The minimum absolute atomic E-state index is 0. The summed E-state index contributed by atoms with van der Waals surface area (Å²) in [6.07, 6.45) is 0.877. The van der Waals surface area contributed by atoms with Crippen molar-refractivity contribution in [3.63, 3.8) is 0 Å². The summed E-state index contributed by atoms with van der Waals surface area (Å²) in [5, 5.41) is 6.14. The normalized spacial score (nSPS) is 27.1. The van der Waals surface area contributed by atoms with Crippen LogP contribution in [0.1, 0.15) is 21.3 Å². The number of nitrogens with one attached hydrogen (secondary N) is 2. The zero-order valence-electron chi connectivity index (χ0n) is 8.79. The topological polar surface area (TPSA) is 67.4 Å². The van der Waals surface area contributed by atoms with Crippen molar-refractivity contribution in [3.05, 3.63) is 0 Å². The van der Waals surface area contributed by atoms with E-state index >= 15 is 0 Å². The van der Waals surface area contributed by atoms with E-state index in [0.717, 1.165) is 32.7 Å². The molecular weight excluding hydrogens is 240 g/mol. The van der Waals surface area contributed by atoms with E-state index in [9.17, 15) is 8.42 Å². The molecule has 0 aromatic carbocycles. The summed E-state index contributed by atoms with van der Waals surface area (Å²) in [5.41, 5.74) is 0. The van der Waals surface area contributed by atoms with E-state index < -0.39 is 9.84 Å². The van der Waals surface area contributed by atoms with Crippen molar-refractivity contribution in [1.29, 1.82) is 0 Å². The Hall–Kier alpha value is -0.170. The molecule has 3 saturated heterocycles. The van der Waals surface area contributed by atoms with Crippen LogP contribution in [-0.2, 0) is 14.6 Å². The van der Waals surface area contributed by atoms with Gasteiger partial charge < -0.3 is 15.4 Å². The van der Waals surface area contributed by atoms with E-state index in [0.29, 0.717) is 18.8 Å². The van der Waals surface area contributed by atoms with Crippen LogP contribution in [0.2, 0.25) is 0 Å². The maximum Gasteiger partial charge on any atom is 0.158 e. The van der Waals surface area contributed by atoms with Gasteiger partial charge in [-0.25, -0.2) is 8.42 Å². The lowest BCUT2D eigenvalue weighted by Gasteiger charge is -2.48. The first-order valence-corrected chi connectivity index (χ1v) is 7.03. The third kappa shape index (κ3) is 3.40. The number of sulfone groups is 1. The Morgan fingerprint density at radius 3 is 1.65 bits per heavy atom. The lowest BCUT2D eigenvalue weighted by molar-refractivity contribution is 0.109. The molecule has 2 N–H and O–H groups in total. The van der Waals surface area contributed by atoms with Crippen LogP contribution in [0.25, 0.3) is 0 Å². The highest BCUT2D eigenvalue weighted by molar-refractivity contribution is 7.94. The Kier molecular flexibility index (Phi) is 6.61. The van der Waals surface area contributed by atoms with E-state index in [1.165, 1.54) is 0 Å². The van der Waals surface area contributed by atoms with Gasteiger partial charge >= 0.3 is 0 Å². The zero-order chi connectivity index (χ0) is 10.8. The van der Waals surface area contributed by atoms with Crippen molar-refractivity contribution < 1.29 is 13.2 Å². The number of hydrogen-bond donors (Lipinski definition) is 2. The first-order valence-electron chi connectivity index (χ1n) is 5.38. The number of rotatable bonds is 0. The molecule has 3 aliphatic heterocycles. The third-order valence-corrected chi connectivity index (χ3v) is 5.78. The van der Waals surface area contributed by atoms with Crippen molar-refractivity contribution in [2.75, 3.05) is 45.1 Å². The summed E-state index contributed by atoms with van der Waals surface area (Å²) in [5.74, 6) is 0.411. The largest absolute Gasteiger partial charge is 0.379 e. The maximum absolute atomic E-state index is 11.0. The van der Waals surface area contributed by atoms with E-state index in [1.54, 1.807) is 0 Å². The standard InChI is InChI=1S/C5H9NO2S.C4H9NO.2CH4/c7-9(8)2-1-5(9)3-6-4-5;1-3-6-4-2-5-1;;/h6H,1-4H2;5H,1-4H2;2*1H4. The van der Waals surface area contributed by atoms with Gasteiger partial charge in [0.2, 0.25) is 0 Å². The summed E-state index contributed by atoms with van der Waals surface area (Å²) >= 11 is 0. The molecule has 1 spiro atoms. The fourth-order valence-electron chi connectivity index (χ4n) is 1.87. The van der Waals surface area contributed by atoms with Gasteiger partial charge in [0.25, 0.3) is 0 Å². The average molecular weight is 266 g/mol. The monoisotopic (exact) mass is 266 g/mol. The molecule has 3 aliphatic rings. The van der Waals surface area contributed by atoms with Crippen molar-refractivity contribution >= 4 is 9.84 Å². The molecule has 3 fully saturated rings. The van der Waals surface area contributed by atoms with Crippen LogP contribution >= 0.6 is 0 Å². The van der Waals surface area contributed by atoms with Gasteiger partial charge in [-0.2, -0.15) is 0 Å². The summed E-state index contributed by atoms with van der Waals surface area (Å²) in [6.45, 7) is 5.21. The number of ether oxygens (including phenoxy) is 1. The highest BCUT2D eigenvalue weighted by Crippen LogP contribution is 2.36. The van der Waals surface area contributed by atoms with Gasteiger partial charge in [0.05, 0.1) is 23.7 Å². The highest BCUT2D eigenvalue weighted by Gasteiger charge is 2.55. The molecule has 0 saturated carbocycles. The van der Waals surface area contributed by atoms with Crippen LogP contribution in [0.3, 0.4) is 0 Å². The lowest BCUT2D eigenvalue weighted by Crippen LogP contribution is -2.70. The van der Waals surface area contributed by atoms with Crippen molar-refractivity contribution in [2.24, 2.45) is 0 Å². The fraction of sp³-hybridized carbons (Fsp3) is 1.00. The highest BCUT2D eigenvalue weighted by atomic mass is 32.2. The van der Waals surface area contributed by atoms with Crippen molar-refractivity contribution in [2.45, 2.75) is 26.0 Å². The molecule has 104 valence electrons. The van der Waals surface area contributed by atoms with Crippen LogP contribution < -0.4 is 10.6 Å². The van der Waals surface area contributed by atoms with Crippen molar-refractivity contribution in [1.82, 2.24) is 10.6 Å². The quantitative estimate of drug-likeness (QED) is 0.647. The van der Waals surface area contributed by atoms with Gasteiger partial charge in [0.1, 0.15) is 0 Å². The summed E-state index contributed by atoms with van der Waals surface area (Å²) in [7, 11) is -2.65. The second-order valence-corrected chi connectivity index (χ2v) is 6.72. The molecule has 3 heterocycles. The van der Waals surface area contributed by atoms with Crippen LogP contribution in [0, 0.1) is 0 Å². The van der Waals surface area contributed by atoms with Gasteiger partial charge in [-0.1, -0.05) is 14.9 Å². The average Bonchev–Trinajstić information content (AvgIpc) is 2.18. The van der Waals surface area contributed by atoms with Gasteiger partial charge in [0.15, 0.2) is 9.84 Å². The zero-order valence-corrected chi connectivity index (χ0v) is 9.61. The Morgan fingerprint density at radius 2 is 1.59 bits per heavy atom. The predicted octanol–water partition coefficient (Wildman–Crippen LogP) is 0.0253. The van der Waals surface area contributed by atoms with Gasteiger partial charge in [-0.3, -0.25) is 0 Å². The van der Waals surface area contributed by atoms with Crippen LogP contribution in [0.15, 0.2) is 0 Å². The molecule has 0 atom stereocenters. The molecule has 17 heavy (non-hydrogen) atoms. The van der Waals surface area contributed by atoms with Gasteiger partial charge in [-0.05, 0) is 6.42 Å². The lowest BCUT2D eigenvalue weighted by atomic mass is 9.98. The van der Waals surface area contributed by atoms with Gasteiger partial charge in [-0.15, -0.1) is 0 Å². The molecular formula is C11H26N2O3S. The minimum Gasteiger partial charge on any atom is -0.379 e. The Morgan fingerprint density at radius 1 is 1.00 bits per heavy atom. The second kappa shape index (κ2) is 6.68. The van der Waals surface area contributed by atoms with E-state index in [1.807, 2.05) is 0 Å². The molecule has 6 heteroatoms. The molecule has 0 radical (unpaired) electrons. The third-order valence-electron chi connectivity index (χ3n) is 3.23. The smallest absolute Gasteiger partial charge is 0.158 e. The molecule has 5 nitrogen and oxygen atoms in total. The Bertz CT molecular complexity index is 292. The molecule has 3 rings (SSSR count).